The van der Waals surface area contributed by atoms with Crippen LogP contribution >= 0.6 is 0 Å². The Kier molecular flexibility index (Phi) is 4.06. The van der Waals surface area contributed by atoms with Crippen LogP contribution in [-0.4, -0.2) is 31.3 Å². The number of aryl methyl sites for hydroxylation is 2. The normalized spacial score (nSPS) is 13.9. The van der Waals surface area contributed by atoms with Gasteiger partial charge in [-0.05, 0) is 54.3 Å². The molecule has 0 radical (unpaired) electrons. The number of benzene rings is 1. The molecule has 1 aromatic carbocycles. The maximum Gasteiger partial charge on any atom is 0.331 e. The summed E-state index contributed by atoms with van der Waals surface area (Å²) in [5.74, 6) is -0.372. The van der Waals surface area contributed by atoms with Gasteiger partial charge in [0, 0.05) is 6.42 Å². The van der Waals surface area contributed by atoms with E-state index < -0.39 is 11.5 Å². The van der Waals surface area contributed by atoms with E-state index in [4.69, 9.17) is 0 Å². The van der Waals surface area contributed by atoms with Gasteiger partial charge in [0.05, 0.1) is 0 Å². The first-order valence-corrected chi connectivity index (χ1v) is 6.95. The number of carboxylic acid groups (broad SMARTS) is 1. The molecule has 0 saturated heterocycles. The van der Waals surface area contributed by atoms with Crippen LogP contribution < -0.4 is 0 Å². The average molecular weight is 288 g/mol. The number of rotatable bonds is 5. The molecular formula is C15H20N4O2. The zero-order valence-corrected chi connectivity index (χ0v) is 12.8. The topological polar surface area (TPSA) is 80.9 Å². The van der Waals surface area contributed by atoms with E-state index in [0.29, 0.717) is 18.7 Å². The van der Waals surface area contributed by atoms with Gasteiger partial charge < -0.3 is 5.11 Å². The van der Waals surface area contributed by atoms with Crippen molar-refractivity contribution in [1.82, 2.24) is 20.2 Å². The Hall–Kier alpha value is -2.24. The molecule has 2 rings (SSSR count). The van der Waals surface area contributed by atoms with Gasteiger partial charge in [-0.3, -0.25) is 0 Å². The van der Waals surface area contributed by atoms with Crippen molar-refractivity contribution in [2.24, 2.45) is 0 Å². The molecule has 0 spiro atoms. The first kappa shape index (κ1) is 15.2. The Morgan fingerprint density at radius 2 is 2.05 bits per heavy atom. The molecule has 2 aromatic rings. The molecule has 0 aliphatic rings. The largest absolute Gasteiger partial charge is 0.479 e. The zero-order chi connectivity index (χ0) is 15.6. The number of hydrogen-bond donors (Lipinski definition) is 1. The molecule has 0 amide bonds. The number of tetrazole rings is 1. The lowest BCUT2D eigenvalue weighted by Crippen LogP contribution is -2.40. The van der Waals surface area contributed by atoms with Crippen molar-refractivity contribution in [2.45, 2.75) is 46.1 Å². The minimum atomic E-state index is -1.13. The number of nitrogens with zero attached hydrogens (tertiary/aromatic N) is 4. The summed E-state index contributed by atoms with van der Waals surface area (Å²) >= 11 is 0. The van der Waals surface area contributed by atoms with E-state index in [1.54, 1.807) is 6.92 Å². The smallest absolute Gasteiger partial charge is 0.331 e. The molecule has 1 heterocycles. The summed E-state index contributed by atoms with van der Waals surface area (Å²) in [7, 11) is 0. The number of carbonyl (C=O) groups is 1. The predicted molar refractivity (Wildman–Crippen MR) is 78.1 cm³/mol. The molecule has 1 aromatic heterocycles. The van der Waals surface area contributed by atoms with E-state index in [2.05, 4.69) is 41.5 Å². The summed E-state index contributed by atoms with van der Waals surface area (Å²) in [6, 6.07) is 6.15. The molecule has 21 heavy (non-hydrogen) atoms. The summed E-state index contributed by atoms with van der Waals surface area (Å²) in [6.07, 6.45) is 0.921. The fourth-order valence-electron chi connectivity index (χ4n) is 2.19. The molecular weight excluding hydrogens is 268 g/mol. The lowest BCUT2D eigenvalue weighted by atomic mass is 9.98. The lowest BCUT2D eigenvalue weighted by molar-refractivity contribution is -0.147. The maximum atomic E-state index is 11.5. The highest BCUT2D eigenvalue weighted by Crippen LogP contribution is 2.22. The molecule has 0 saturated carbocycles. The monoisotopic (exact) mass is 288 g/mol. The van der Waals surface area contributed by atoms with Gasteiger partial charge >= 0.3 is 5.97 Å². The summed E-state index contributed by atoms with van der Waals surface area (Å²) in [5.41, 5.74) is 2.36. The van der Waals surface area contributed by atoms with Crippen LogP contribution in [0.15, 0.2) is 18.2 Å². The maximum absolute atomic E-state index is 11.5. The van der Waals surface area contributed by atoms with Gasteiger partial charge in [0.1, 0.15) is 0 Å². The number of hydrogen-bond acceptors (Lipinski definition) is 4. The van der Waals surface area contributed by atoms with Gasteiger partial charge in [-0.15, -0.1) is 5.10 Å². The molecule has 6 nitrogen and oxygen atoms in total. The summed E-state index contributed by atoms with van der Waals surface area (Å²) < 4.78 is 1.42. The standard InChI is InChI=1S/C15H20N4O2/c1-5-15(4,14(20)21)19-13(16-17-18-19)9-12-7-6-10(2)11(3)8-12/h6-8H,5,9H2,1-4H3,(H,20,21). The van der Waals surface area contributed by atoms with Crippen molar-refractivity contribution in [2.75, 3.05) is 0 Å². The number of aliphatic carboxylic acids is 1. The van der Waals surface area contributed by atoms with Gasteiger partial charge in [-0.25, -0.2) is 9.48 Å². The molecule has 1 atom stereocenters. The molecule has 6 heteroatoms. The van der Waals surface area contributed by atoms with Crippen molar-refractivity contribution in [3.05, 3.63) is 40.7 Å². The van der Waals surface area contributed by atoms with Crippen LogP contribution in [-0.2, 0) is 16.8 Å². The Labute approximate surface area is 123 Å². The molecule has 0 aliphatic carbocycles. The summed E-state index contributed by atoms with van der Waals surface area (Å²) in [4.78, 5) is 11.5. The molecule has 0 aliphatic heterocycles. The van der Waals surface area contributed by atoms with Gasteiger partial charge in [-0.2, -0.15) is 0 Å². The molecule has 1 unspecified atom stereocenters. The summed E-state index contributed by atoms with van der Waals surface area (Å²) in [6.45, 7) is 7.56. The fraction of sp³-hybridized carbons (Fsp3) is 0.467. The Morgan fingerprint density at radius 3 is 2.62 bits per heavy atom. The zero-order valence-electron chi connectivity index (χ0n) is 12.8. The van der Waals surface area contributed by atoms with Crippen LogP contribution in [0.2, 0.25) is 0 Å². The van der Waals surface area contributed by atoms with Crippen LogP contribution in [0.3, 0.4) is 0 Å². The minimum Gasteiger partial charge on any atom is -0.479 e. The first-order valence-electron chi connectivity index (χ1n) is 6.95. The van der Waals surface area contributed by atoms with Gasteiger partial charge in [-0.1, -0.05) is 25.1 Å². The second-order valence-corrected chi connectivity index (χ2v) is 5.53. The third-order valence-corrected chi connectivity index (χ3v) is 4.08. The molecule has 112 valence electrons. The predicted octanol–water partition coefficient (Wildman–Crippen LogP) is 2.09. The SMILES string of the molecule is CCC(C)(C(=O)O)n1nnnc1Cc1ccc(C)c(C)c1. The second kappa shape index (κ2) is 5.63. The van der Waals surface area contributed by atoms with Crippen LogP contribution in [0.4, 0.5) is 0 Å². The van der Waals surface area contributed by atoms with Gasteiger partial charge in [0.25, 0.3) is 0 Å². The quantitative estimate of drug-likeness (QED) is 0.911. The Bertz CT molecular complexity index is 665. The van der Waals surface area contributed by atoms with E-state index in [0.717, 1.165) is 5.56 Å². The third kappa shape index (κ3) is 2.79. The molecule has 1 N–H and O–H groups in total. The van der Waals surface area contributed by atoms with Crippen molar-refractivity contribution < 1.29 is 9.90 Å². The van der Waals surface area contributed by atoms with Crippen molar-refractivity contribution in [1.29, 1.82) is 0 Å². The molecule has 0 fully saturated rings. The van der Waals surface area contributed by atoms with Crippen LogP contribution in [0, 0.1) is 13.8 Å². The summed E-state index contributed by atoms with van der Waals surface area (Å²) in [5, 5.41) is 21.0. The van der Waals surface area contributed by atoms with Gasteiger partial charge in [0.2, 0.25) is 0 Å². The second-order valence-electron chi connectivity index (χ2n) is 5.53. The Morgan fingerprint density at radius 1 is 1.33 bits per heavy atom. The first-order chi connectivity index (χ1) is 9.88. The third-order valence-electron chi connectivity index (χ3n) is 4.08. The van der Waals surface area contributed by atoms with E-state index in [1.165, 1.54) is 15.8 Å². The highest BCUT2D eigenvalue weighted by atomic mass is 16.4. The van der Waals surface area contributed by atoms with E-state index in [9.17, 15) is 9.90 Å². The number of aromatic nitrogens is 4. The number of carboxylic acids is 1. The minimum absolute atomic E-state index is 0.410. The Balaban J connectivity index is 2.36. The van der Waals surface area contributed by atoms with E-state index in [1.807, 2.05) is 13.0 Å². The van der Waals surface area contributed by atoms with Crippen molar-refractivity contribution in [3.8, 4) is 0 Å². The fourth-order valence-corrected chi connectivity index (χ4v) is 2.19. The lowest BCUT2D eigenvalue weighted by Gasteiger charge is -2.24. The van der Waals surface area contributed by atoms with Crippen molar-refractivity contribution >= 4 is 5.97 Å². The molecule has 0 bridgehead atoms. The highest BCUT2D eigenvalue weighted by molar-refractivity contribution is 5.76. The van der Waals surface area contributed by atoms with E-state index >= 15 is 0 Å². The van der Waals surface area contributed by atoms with Crippen LogP contribution in [0.1, 0.15) is 42.8 Å². The van der Waals surface area contributed by atoms with E-state index in [-0.39, 0.29) is 0 Å². The van der Waals surface area contributed by atoms with Gasteiger partial charge in [0.15, 0.2) is 11.4 Å². The average Bonchev–Trinajstić information content (AvgIpc) is 2.90. The van der Waals surface area contributed by atoms with Crippen LogP contribution in [0.5, 0.6) is 0 Å². The van der Waals surface area contributed by atoms with Crippen LogP contribution in [0.25, 0.3) is 0 Å². The van der Waals surface area contributed by atoms with Crippen molar-refractivity contribution in [3.63, 3.8) is 0 Å². The highest BCUT2D eigenvalue weighted by Gasteiger charge is 2.36.